The number of benzene rings is 1. The molecule has 1 aromatic rings. The van der Waals surface area contributed by atoms with Crippen molar-refractivity contribution in [2.75, 3.05) is 25.1 Å². The van der Waals surface area contributed by atoms with Crippen LogP contribution in [0.5, 0.6) is 5.75 Å². The number of anilines is 1. The van der Waals surface area contributed by atoms with Crippen LogP contribution in [0.1, 0.15) is 5.56 Å². The number of amides is 2. The molecule has 1 aliphatic rings. The fourth-order valence-corrected chi connectivity index (χ4v) is 1.71. The van der Waals surface area contributed by atoms with Gasteiger partial charge in [-0.3, -0.25) is 4.90 Å². The van der Waals surface area contributed by atoms with Crippen molar-refractivity contribution in [3.8, 4) is 5.75 Å². The number of methoxy groups -OCH3 is 1. The number of rotatable bonds is 2. The molecule has 0 radical (unpaired) electrons. The van der Waals surface area contributed by atoms with E-state index in [1.54, 1.807) is 12.0 Å². The zero-order chi connectivity index (χ0) is 10.8. The van der Waals surface area contributed by atoms with Crippen molar-refractivity contribution >= 4 is 11.7 Å². The van der Waals surface area contributed by atoms with Crippen molar-refractivity contribution in [1.29, 1.82) is 0 Å². The number of carbonyl (C=O) groups is 1. The third-order valence-electron chi connectivity index (χ3n) is 2.48. The van der Waals surface area contributed by atoms with Gasteiger partial charge in [0.15, 0.2) is 0 Å². The van der Waals surface area contributed by atoms with Gasteiger partial charge in [0.2, 0.25) is 0 Å². The maximum absolute atomic E-state index is 11.5. The van der Waals surface area contributed by atoms with Gasteiger partial charge in [-0.25, -0.2) is 4.79 Å². The Kier molecular flexibility index (Phi) is 2.49. The van der Waals surface area contributed by atoms with Crippen LogP contribution in [0.3, 0.4) is 0 Å². The summed E-state index contributed by atoms with van der Waals surface area (Å²) in [5.41, 5.74) is 1.96. The second kappa shape index (κ2) is 3.81. The molecule has 1 fully saturated rings. The second-order valence-electron chi connectivity index (χ2n) is 3.56. The van der Waals surface area contributed by atoms with Crippen LogP contribution < -0.4 is 15.0 Å². The van der Waals surface area contributed by atoms with Gasteiger partial charge < -0.3 is 10.1 Å². The Morgan fingerprint density at radius 3 is 2.87 bits per heavy atom. The Balaban J connectivity index is 2.40. The van der Waals surface area contributed by atoms with Crippen LogP contribution in [0, 0.1) is 6.92 Å². The number of nitrogens with zero attached hydrogens (tertiary/aromatic N) is 1. The molecule has 1 heterocycles. The van der Waals surface area contributed by atoms with Crippen molar-refractivity contribution in [1.82, 2.24) is 5.32 Å². The van der Waals surface area contributed by atoms with Crippen molar-refractivity contribution in [2.24, 2.45) is 0 Å². The third kappa shape index (κ3) is 1.75. The lowest BCUT2D eigenvalue weighted by Gasteiger charge is -2.18. The van der Waals surface area contributed by atoms with E-state index in [0.29, 0.717) is 13.1 Å². The fourth-order valence-electron chi connectivity index (χ4n) is 1.71. The Morgan fingerprint density at radius 2 is 2.27 bits per heavy atom. The van der Waals surface area contributed by atoms with Crippen molar-refractivity contribution in [3.05, 3.63) is 23.8 Å². The van der Waals surface area contributed by atoms with E-state index in [-0.39, 0.29) is 6.03 Å². The molecule has 0 unspecified atom stereocenters. The number of carbonyl (C=O) groups excluding carboxylic acids is 1. The summed E-state index contributed by atoms with van der Waals surface area (Å²) in [5.74, 6) is 0.734. The first kappa shape index (κ1) is 9.83. The van der Waals surface area contributed by atoms with E-state index in [0.717, 1.165) is 17.0 Å². The molecule has 0 aromatic heterocycles. The van der Waals surface area contributed by atoms with E-state index in [2.05, 4.69) is 5.32 Å². The predicted molar refractivity (Wildman–Crippen MR) is 58.5 cm³/mol. The van der Waals surface area contributed by atoms with E-state index in [4.69, 9.17) is 4.74 Å². The number of hydrogen-bond donors (Lipinski definition) is 1. The van der Waals surface area contributed by atoms with Gasteiger partial charge in [-0.2, -0.15) is 0 Å². The summed E-state index contributed by atoms with van der Waals surface area (Å²) in [6, 6.07) is 5.76. The SMILES string of the molecule is COc1ccc(C)cc1N1CCNC1=O. The first-order valence-corrected chi connectivity index (χ1v) is 4.92. The molecule has 1 saturated heterocycles. The lowest BCUT2D eigenvalue weighted by atomic mass is 10.2. The molecule has 0 aliphatic carbocycles. The van der Waals surface area contributed by atoms with Gasteiger partial charge in [0.1, 0.15) is 5.75 Å². The smallest absolute Gasteiger partial charge is 0.322 e. The van der Waals surface area contributed by atoms with Gasteiger partial charge in [-0.1, -0.05) is 6.07 Å². The molecule has 1 aliphatic heterocycles. The summed E-state index contributed by atoms with van der Waals surface area (Å²) < 4.78 is 5.24. The summed E-state index contributed by atoms with van der Waals surface area (Å²) in [6.45, 7) is 3.38. The van der Waals surface area contributed by atoms with Gasteiger partial charge >= 0.3 is 6.03 Å². The predicted octanol–water partition coefficient (Wildman–Crippen LogP) is 1.53. The molecule has 15 heavy (non-hydrogen) atoms. The summed E-state index contributed by atoms with van der Waals surface area (Å²) in [4.78, 5) is 13.2. The van der Waals surface area contributed by atoms with E-state index in [9.17, 15) is 4.79 Å². The molecule has 0 bridgehead atoms. The molecule has 80 valence electrons. The normalized spacial score (nSPS) is 15.3. The molecule has 4 nitrogen and oxygen atoms in total. The van der Waals surface area contributed by atoms with Gasteiger partial charge in [0.05, 0.1) is 12.8 Å². The third-order valence-corrected chi connectivity index (χ3v) is 2.48. The second-order valence-corrected chi connectivity index (χ2v) is 3.56. The van der Waals surface area contributed by atoms with Gasteiger partial charge in [-0.15, -0.1) is 0 Å². The molecule has 1 aromatic carbocycles. The van der Waals surface area contributed by atoms with Crippen LogP contribution in [0.4, 0.5) is 10.5 Å². The molecule has 1 N–H and O–H groups in total. The molecule has 0 atom stereocenters. The maximum atomic E-state index is 11.5. The summed E-state index contributed by atoms with van der Waals surface area (Å²) >= 11 is 0. The molecule has 2 amide bonds. The van der Waals surface area contributed by atoms with E-state index in [1.807, 2.05) is 25.1 Å². The highest BCUT2D eigenvalue weighted by Gasteiger charge is 2.23. The van der Waals surface area contributed by atoms with Crippen molar-refractivity contribution in [3.63, 3.8) is 0 Å². The van der Waals surface area contributed by atoms with Gasteiger partial charge in [0, 0.05) is 13.1 Å². The van der Waals surface area contributed by atoms with E-state index >= 15 is 0 Å². The average Bonchev–Trinajstić information content (AvgIpc) is 2.64. The van der Waals surface area contributed by atoms with Crippen LogP contribution in [-0.2, 0) is 0 Å². The van der Waals surface area contributed by atoms with Crippen molar-refractivity contribution in [2.45, 2.75) is 6.92 Å². The molecule has 2 rings (SSSR count). The monoisotopic (exact) mass is 206 g/mol. The molecular weight excluding hydrogens is 192 g/mol. The summed E-state index contributed by atoms with van der Waals surface area (Å²) in [7, 11) is 1.61. The van der Waals surface area contributed by atoms with Crippen molar-refractivity contribution < 1.29 is 9.53 Å². The summed E-state index contributed by atoms with van der Waals surface area (Å²) in [6.07, 6.45) is 0. The number of nitrogens with one attached hydrogen (secondary N) is 1. The van der Waals surface area contributed by atoms with Crippen LogP contribution in [-0.4, -0.2) is 26.2 Å². The summed E-state index contributed by atoms with van der Waals surface area (Å²) in [5, 5.41) is 2.77. The Bertz CT molecular complexity index is 390. The fraction of sp³-hybridized carbons (Fsp3) is 0.364. The van der Waals surface area contributed by atoms with Crippen LogP contribution >= 0.6 is 0 Å². The van der Waals surface area contributed by atoms with Crippen LogP contribution in [0.15, 0.2) is 18.2 Å². The molecule has 0 saturated carbocycles. The highest BCUT2D eigenvalue weighted by Crippen LogP contribution is 2.29. The minimum atomic E-state index is -0.0566. The standard InChI is InChI=1S/C11H14N2O2/c1-8-3-4-10(15-2)9(7-8)13-6-5-12-11(13)14/h3-4,7H,5-6H2,1-2H3,(H,12,14). The topological polar surface area (TPSA) is 41.6 Å². The Labute approximate surface area is 88.8 Å². The molecular formula is C11H14N2O2. The first-order chi connectivity index (χ1) is 7.22. The van der Waals surface area contributed by atoms with E-state index < -0.39 is 0 Å². The minimum Gasteiger partial charge on any atom is -0.495 e. The van der Waals surface area contributed by atoms with E-state index in [1.165, 1.54) is 0 Å². The molecule has 4 heteroatoms. The lowest BCUT2D eigenvalue weighted by molar-refractivity contribution is 0.252. The Morgan fingerprint density at radius 1 is 1.47 bits per heavy atom. The zero-order valence-corrected chi connectivity index (χ0v) is 8.91. The lowest BCUT2D eigenvalue weighted by Crippen LogP contribution is -2.28. The average molecular weight is 206 g/mol. The highest BCUT2D eigenvalue weighted by molar-refractivity contribution is 5.95. The minimum absolute atomic E-state index is 0.0566. The highest BCUT2D eigenvalue weighted by atomic mass is 16.5. The Hall–Kier alpha value is -1.71. The van der Waals surface area contributed by atoms with Gasteiger partial charge in [-0.05, 0) is 24.6 Å². The zero-order valence-electron chi connectivity index (χ0n) is 8.91. The number of ether oxygens (including phenoxy) is 1. The number of hydrogen-bond acceptors (Lipinski definition) is 2. The molecule has 0 spiro atoms. The number of urea groups is 1. The maximum Gasteiger partial charge on any atom is 0.322 e. The van der Waals surface area contributed by atoms with Crippen LogP contribution in [0.2, 0.25) is 0 Å². The first-order valence-electron chi connectivity index (χ1n) is 4.92. The quantitative estimate of drug-likeness (QED) is 0.797. The van der Waals surface area contributed by atoms with Gasteiger partial charge in [0.25, 0.3) is 0 Å². The van der Waals surface area contributed by atoms with Crippen LogP contribution in [0.25, 0.3) is 0 Å². The number of aryl methyl sites for hydroxylation is 1. The largest absolute Gasteiger partial charge is 0.495 e.